The Bertz CT molecular complexity index is 783. The molecular formula is C15H19N5O. The van der Waals surface area contributed by atoms with Gasteiger partial charge in [0.15, 0.2) is 0 Å². The molecule has 21 heavy (non-hydrogen) atoms. The van der Waals surface area contributed by atoms with Crippen LogP contribution < -0.4 is 10.9 Å². The third-order valence-electron chi connectivity index (χ3n) is 3.54. The molecule has 3 N–H and O–H groups in total. The lowest BCUT2D eigenvalue weighted by Gasteiger charge is -2.03. The number of unbranched alkanes of at least 4 members (excludes halogenated alkanes) is 1. The molecule has 0 saturated carbocycles. The Morgan fingerprint density at radius 3 is 3.00 bits per heavy atom. The number of benzene rings is 1. The second kappa shape index (κ2) is 5.87. The van der Waals surface area contributed by atoms with Crippen molar-refractivity contribution in [3.05, 3.63) is 46.6 Å². The van der Waals surface area contributed by atoms with E-state index in [0.29, 0.717) is 0 Å². The molecule has 6 nitrogen and oxygen atoms in total. The maximum absolute atomic E-state index is 11.4. The lowest BCUT2D eigenvalue weighted by atomic mass is 10.1. The molecule has 0 spiro atoms. The van der Waals surface area contributed by atoms with Gasteiger partial charge in [0.2, 0.25) is 0 Å². The smallest absolute Gasteiger partial charge is 0.271 e. The molecular weight excluding hydrogens is 266 g/mol. The third-order valence-corrected chi connectivity index (χ3v) is 3.54. The molecule has 2 heterocycles. The van der Waals surface area contributed by atoms with Gasteiger partial charge in [0.25, 0.3) is 5.56 Å². The molecule has 0 aliphatic carbocycles. The quantitative estimate of drug-likeness (QED) is 0.606. The lowest BCUT2D eigenvalue weighted by molar-refractivity contribution is 0.762. The van der Waals surface area contributed by atoms with Crippen molar-refractivity contribution in [3.8, 4) is 0 Å². The Labute approximate surface area is 122 Å². The van der Waals surface area contributed by atoms with Gasteiger partial charge in [0.1, 0.15) is 5.82 Å². The molecule has 110 valence electrons. The van der Waals surface area contributed by atoms with E-state index < -0.39 is 0 Å². The van der Waals surface area contributed by atoms with E-state index in [2.05, 4.69) is 20.5 Å². The molecule has 2 aromatic heterocycles. The molecule has 0 unspecified atom stereocenters. The third kappa shape index (κ3) is 3.16. The largest absolute Gasteiger partial charge is 0.369 e. The van der Waals surface area contributed by atoms with Crippen LogP contribution in [0.2, 0.25) is 0 Å². The van der Waals surface area contributed by atoms with Crippen molar-refractivity contribution in [2.45, 2.75) is 19.3 Å². The van der Waals surface area contributed by atoms with Crippen LogP contribution in [0.25, 0.3) is 10.9 Å². The number of aromatic amines is 2. The van der Waals surface area contributed by atoms with Crippen LogP contribution in [0, 0.1) is 0 Å². The summed E-state index contributed by atoms with van der Waals surface area (Å²) in [5.41, 5.74) is 2.07. The molecule has 3 aromatic rings. The number of nitrogens with one attached hydrogen (secondary N) is 3. The van der Waals surface area contributed by atoms with Gasteiger partial charge in [-0.3, -0.25) is 15.0 Å². The Hall–Kier alpha value is -2.50. The van der Waals surface area contributed by atoms with E-state index in [9.17, 15) is 4.79 Å². The summed E-state index contributed by atoms with van der Waals surface area (Å²) < 4.78 is 1.93. The zero-order valence-corrected chi connectivity index (χ0v) is 12.0. The van der Waals surface area contributed by atoms with E-state index in [4.69, 9.17) is 0 Å². The van der Waals surface area contributed by atoms with E-state index in [1.54, 1.807) is 6.33 Å². The van der Waals surface area contributed by atoms with E-state index >= 15 is 0 Å². The molecule has 0 saturated heterocycles. The molecule has 0 aliphatic heterocycles. The predicted octanol–water partition coefficient (Wildman–Crippen LogP) is 2.02. The highest BCUT2D eigenvalue weighted by Gasteiger charge is 2.02. The number of H-pyrrole nitrogens is 2. The average Bonchev–Trinajstić information content (AvgIpc) is 3.05. The first-order valence-corrected chi connectivity index (χ1v) is 7.13. The van der Waals surface area contributed by atoms with Crippen LogP contribution in [-0.2, 0) is 13.5 Å². The summed E-state index contributed by atoms with van der Waals surface area (Å²) in [5, 5.41) is 9.51. The standard InChI is InChI=1S/C15H19N5O/c1-20-9-14(17-10-20)16-7-3-2-4-11-5-6-12-13(8-11)18-19-15(12)21/h5-6,8-10,16H,2-4,7H2,1H3,(H2,18,19,21). The molecule has 1 aromatic carbocycles. The summed E-state index contributed by atoms with van der Waals surface area (Å²) in [7, 11) is 1.96. The highest BCUT2D eigenvalue weighted by atomic mass is 16.1. The fourth-order valence-corrected chi connectivity index (χ4v) is 2.41. The van der Waals surface area contributed by atoms with Crippen LogP contribution in [-0.4, -0.2) is 26.3 Å². The first kappa shape index (κ1) is 13.5. The van der Waals surface area contributed by atoms with Gasteiger partial charge in [-0.05, 0) is 37.0 Å². The predicted molar refractivity (Wildman–Crippen MR) is 83.6 cm³/mol. The van der Waals surface area contributed by atoms with Crippen LogP contribution >= 0.6 is 0 Å². The zero-order valence-electron chi connectivity index (χ0n) is 12.0. The van der Waals surface area contributed by atoms with Crippen molar-refractivity contribution in [1.29, 1.82) is 0 Å². The molecule has 0 amide bonds. The first-order valence-electron chi connectivity index (χ1n) is 7.13. The van der Waals surface area contributed by atoms with Gasteiger partial charge < -0.3 is 9.88 Å². The van der Waals surface area contributed by atoms with E-state index in [1.165, 1.54) is 5.56 Å². The Balaban J connectivity index is 1.47. The lowest BCUT2D eigenvalue weighted by Crippen LogP contribution is -2.02. The highest BCUT2D eigenvalue weighted by molar-refractivity contribution is 5.78. The molecule has 6 heteroatoms. The number of fused-ring (bicyclic) bond motifs is 1. The maximum atomic E-state index is 11.4. The first-order chi connectivity index (χ1) is 10.2. The summed E-state index contributed by atoms with van der Waals surface area (Å²) in [6.45, 7) is 0.917. The van der Waals surface area contributed by atoms with Gasteiger partial charge in [-0.2, -0.15) is 0 Å². The minimum absolute atomic E-state index is 0.0592. The number of aromatic nitrogens is 4. The van der Waals surface area contributed by atoms with Crippen LogP contribution in [0.4, 0.5) is 5.82 Å². The van der Waals surface area contributed by atoms with Crippen LogP contribution in [0.5, 0.6) is 0 Å². The van der Waals surface area contributed by atoms with Crippen molar-refractivity contribution in [1.82, 2.24) is 19.7 Å². The number of hydrogen-bond donors (Lipinski definition) is 3. The number of anilines is 1. The zero-order chi connectivity index (χ0) is 14.7. The van der Waals surface area contributed by atoms with Gasteiger partial charge in [0.05, 0.1) is 17.2 Å². The molecule has 0 bridgehead atoms. The number of aryl methyl sites for hydroxylation is 2. The van der Waals surface area contributed by atoms with Crippen molar-refractivity contribution in [2.75, 3.05) is 11.9 Å². The van der Waals surface area contributed by atoms with Crippen molar-refractivity contribution >= 4 is 16.7 Å². The van der Waals surface area contributed by atoms with Crippen LogP contribution in [0.3, 0.4) is 0 Å². The molecule has 0 aliphatic rings. The minimum atomic E-state index is -0.0592. The van der Waals surface area contributed by atoms with Crippen LogP contribution in [0.1, 0.15) is 18.4 Å². The van der Waals surface area contributed by atoms with Gasteiger partial charge in [-0.15, -0.1) is 0 Å². The topological polar surface area (TPSA) is 78.5 Å². The number of imidazole rings is 1. The average molecular weight is 285 g/mol. The summed E-state index contributed by atoms with van der Waals surface area (Å²) in [4.78, 5) is 15.6. The molecule has 0 radical (unpaired) electrons. The van der Waals surface area contributed by atoms with Gasteiger partial charge in [0, 0.05) is 19.8 Å². The fraction of sp³-hybridized carbons (Fsp3) is 0.333. The van der Waals surface area contributed by atoms with Crippen molar-refractivity contribution < 1.29 is 0 Å². The Morgan fingerprint density at radius 2 is 2.19 bits per heavy atom. The van der Waals surface area contributed by atoms with Crippen LogP contribution in [0.15, 0.2) is 35.5 Å². The summed E-state index contributed by atoms with van der Waals surface area (Å²) in [6.07, 6.45) is 6.94. The van der Waals surface area contributed by atoms with Gasteiger partial charge in [-0.25, -0.2) is 4.98 Å². The highest BCUT2D eigenvalue weighted by Crippen LogP contribution is 2.12. The monoisotopic (exact) mass is 285 g/mol. The normalized spacial score (nSPS) is 11.1. The second-order valence-electron chi connectivity index (χ2n) is 5.27. The minimum Gasteiger partial charge on any atom is -0.369 e. The SMILES string of the molecule is Cn1cnc(NCCCCc2ccc3c(=O)[nH][nH]c3c2)c1. The Kier molecular flexibility index (Phi) is 3.77. The summed E-state index contributed by atoms with van der Waals surface area (Å²) in [6, 6.07) is 5.95. The van der Waals surface area contributed by atoms with E-state index in [1.807, 2.05) is 36.0 Å². The Morgan fingerprint density at radius 1 is 1.29 bits per heavy atom. The fourth-order valence-electron chi connectivity index (χ4n) is 2.41. The maximum Gasteiger partial charge on any atom is 0.271 e. The molecule has 0 atom stereocenters. The number of nitrogens with zero attached hydrogens (tertiary/aromatic N) is 2. The summed E-state index contributed by atoms with van der Waals surface area (Å²) in [5.74, 6) is 0.920. The van der Waals surface area contributed by atoms with Crippen molar-refractivity contribution in [2.24, 2.45) is 7.05 Å². The number of rotatable bonds is 6. The molecule has 3 rings (SSSR count). The number of hydrogen-bond acceptors (Lipinski definition) is 3. The van der Waals surface area contributed by atoms with E-state index in [-0.39, 0.29) is 5.56 Å². The van der Waals surface area contributed by atoms with Crippen molar-refractivity contribution in [3.63, 3.8) is 0 Å². The van der Waals surface area contributed by atoms with Gasteiger partial charge in [-0.1, -0.05) is 6.07 Å². The second-order valence-corrected chi connectivity index (χ2v) is 5.27. The van der Waals surface area contributed by atoms with E-state index in [0.717, 1.165) is 42.5 Å². The summed E-state index contributed by atoms with van der Waals surface area (Å²) >= 11 is 0. The van der Waals surface area contributed by atoms with Gasteiger partial charge >= 0.3 is 0 Å². The molecule has 0 fully saturated rings.